The summed E-state index contributed by atoms with van der Waals surface area (Å²) in [5, 5.41) is 0. The highest BCUT2D eigenvalue weighted by atomic mass is 127. The Bertz CT molecular complexity index is 793. The maximum Gasteiger partial charge on any atom is 0.309 e. The Morgan fingerprint density at radius 3 is 2.10 bits per heavy atom. The average Bonchev–Trinajstić information content (AvgIpc) is 2.90. The Hall–Kier alpha value is -0.223. The lowest BCUT2D eigenvalue weighted by Crippen LogP contribution is -2.53. The monoisotopic (exact) mass is 704 g/mol. The van der Waals surface area contributed by atoms with E-state index in [0.29, 0.717) is 28.6 Å². The van der Waals surface area contributed by atoms with Gasteiger partial charge in [-0.25, -0.2) is 0 Å². The molecule has 41 heavy (non-hydrogen) atoms. The molecule has 0 aliphatic carbocycles. The lowest BCUT2D eigenvalue weighted by atomic mass is 9.91. The van der Waals surface area contributed by atoms with E-state index in [4.69, 9.17) is 18.6 Å². The van der Waals surface area contributed by atoms with Crippen molar-refractivity contribution >= 4 is 36.9 Å². The van der Waals surface area contributed by atoms with Crippen molar-refractivity contribution in [3.8, 4) is 0 Å². The molecular formula is C34H61IO5Si. The molecule has 2 heterocycles. The molecule has 2 fully saturated rings. The normalized spacial score (nSPS) is 28.3. The highest BCUT2D eigenvalue weighted by Gasteiger charge is 2.48. The van der Waals surface area contributed by atoms with E-state index < -0.39 is 8.32 Å². The summed E-state index contributed by atoms with van der Waals surface area (Å²) < 4.78 is 28.4. The van der Waals surface area contributed by atoms with Crippen LogP contribution in [0.4, 0.5) is 0 Å². The first-order chi connectivity index (χ1) is 19.4. The SMILES string of the molecule is C=C[C@H](C)C(/C=C/I)OC(=O)CC1C[C@H](O[Si](C(C)C)(C(C)C)C(C)C)C[C@H](CC2CCC[C@H](C[C@@H](C)CC)O2)O1. The highest BCUT2D eigenvalue weighted by molar-refractivity contribution is 14.1. The molecule has 7 heteroatoms. The van der Waals surface area contributed by atoms with E-state index in [-0.39, 0.29) is 48.8 Å². The van der Waals surface area contributed by atoms with Gasteiger partial charge < -0.3 is 18.6 Å². The van der Waals surface area contributed by atoms with Crippen molar-refractivity contribution in [1.29, 1.82) is 0 Å². The Balaban J connectivity index is 2.21. The highest BCUT2D eigenvalue weighted by Crippen LogP contribution is 2.45. The van der Waals surface area contributed by atoms with Gasteiger partial charge in [0.1, 0.15) is 6.10 Å². The van der Waals surface area contributed by atoms with Crippen LogP contribution < -0.4 is 0 Å². The maximum atomic E-state index is 13.2. The second-order valence-corrected chi connectivity index (χ2v) is 19.9. The molecule has 0 spiro atoms. The van der Waals surface area contributed by atoms with E-state index in [1.165, 1.54) is 12.8 Å². The first kappa shape index (κ1) is 37.0. The number of ether oxygens (including phenoxy) is 3. The van der Waals surface area contributed by atoms with E-state index in [1.54, 1.807) is 0 Å². The molecule has 2 rings (SSSR count). The molecule has 0 bridgehead atoms. The fraction of sp³-hybridized carbons (Fsp3) is 0.853. The minimum atomic E-state index is -2.08. The number of rotatable bonds is 16. The Morgan fingerprint density at radius 2 is 1.54 bits per heavy atom. The van der Waals surface area contributed by atoms with Gasteiger partial charge >= 0.3 is 5.97 Å². The summed E-state index contributed by atoms with van der Waals surface area (Å²) >= 11 is 2.17. The van der Waals surface area contributed by atoms with E-state index in [1.807, 2.05) is 23.2 Å². The number of carbonyl (C=O) groups is 1. The smallest absolute Gasteiger partial charge is 0.309 e. The van der Waals surface area contributed by atoms with Gasteiger partial charge in [0.05, 0.1) is 36.9 Å². The second-order valence-electron chi connectivity index (χ2n) is 13.8. The van der Waals surface area contributed by atoms with Gasteiger partial charge in [-0.3, -0.25) is 4.79 Å². The van der Waals surface area contributed by atoms with Gasteiger partial charge in [0, 0.05) is 5.92 Å². The van der Waals surface area contributed by atoms with Crippen molar-refractivity contribution < 1.29 is 23.4 Å². The van der Waals surface area contributed by atoms with Gasteiger partial charge in [0.25, 0.3) is 0 Å². The Kier molecular flexibility index (Phi) is 16.2. The molecule has 0 radical (unpaired) electrons. The molecular weight excluding hydrogens is 643 g/mol. The van der Waals surface area contributed by atoms with E-state index in [9.17, 15) is 4.79 Å². The van der Waals surface area contributed by atoms with Crippen molar-refractivity contribution in [1.82, 2.24) is 0 Å². The van der Waals surface area contributed by atoms with Gasteiger partial charge in [-0.2, -0.15) is 0 Å². The number of hydrogen-bond donors (Lipinski definition) is 0. The fourth-order valence-corrected chi connectivity index (χ4v) is 13.3. The molecule has 8 atom stereocenters. The van der Waals surface area contributed by atoms with Crippen molar-refractivity contribution in [2.75, 3.05) is 0 Å². The van der Waals surface area contributed by atoms with Crippen molar-refractivity contribution in [2.45, 2.75) is 173 Å². The summed E-state index contributed by atoms with van der Waals surface area (Å²) in [6.45, 7) is 24.5. The predicted molar refractivity (Wildman–Crippen MR) is 182 cm³/mol. The standard InChI is InChI=1S/C34H61IO5Si/c1-11-26(9)18-28-14-13-15-29(37-28)19-30-20-32(40-41(23(3)4,24(5)6)25(7)8)21-31(38-30)22-34(36)39-33(16-17-35)27(10)12-2/h12,16-17,23-33H,2,11,13-15,18-22H2,1,3-10H3/b17-16+/t26-,27-,28+,29?,30-,31?,32+,33?/m0/s1. The first-order valence-corrected chi connectivity index (χ1v) is 19.8. The number of carbonyl (C=O) groups excluding carboxylic acids is 1. The van der Waals surface area contributed by atoms with Crippen LogP contribution >= 0.6 is 22.6 Å². The topological polar surface area (TPSA) is 54.0 Å². The van der Waals surface area contributed by atoms with Crippen LogP contribution in [0.25, 0.3) is 0 Å². The quantitative estimate of drug-likeness (QED) is 0.0693. The largest absolute Gasteiger partial charge is 0.457 e. The molecule has 0 amide bonds. The zero-order chi connectivity index (χ0) is 30.7. The van der Waals surface area contributed by atoms with Gasteiger partial charge in [-0.15, -0.1) is 6.58 Å². The van der Waals surface area contributed by atoms with E-state index >= 15 is 0 Å². The van der Waals surface area contributed by atoms with Crippen LogP contribution in [0.1, 0.15) is 120 Å². The van der Waals surface area contributed by atoms with E-state index in [0.717, 1.165) is 38.5 Å². The third-order valence-corrected chi connectivity index (χ3v) is 16.2. The number of esters is 1. The van der Waals surface area contributed by atoms with Crippen LogP contribution in [-0.2, 0) is 23.4 Å². The molecule has 238 valence electrons. The van der Waals surface area contributed by atoms with Crippen LogP contribution in [0.5, 0.6) is 0 Å². The molecule has 2 aliphatic rings. The number of halogens is 1. The van der Waals surface area contributed by atoms with E-state index in [2.05, 4.69) is 84.6 Å². The minimum Gasteiger partial charge on any atom is -0.457 e. The van der Waals surface area contributed by atoms with Crippen molar-refractivity contribution in [3.05, 3.63) is 22.8 Å². The lowest BCUT2D eigenvalue weighted by molar-refractivity contribution is -0.160. The average molecular weight is 705 g/mol. The molecule has 3 unspecified atom stereocenters. The van der Waals surface area contributed by atoms with Crippen LogP contribution in [0.15, 0.2) is 22.8 Å². The molecule has 2 saturated heterocycles. The maximum absolute atomic E-state index is 13.2. The molecule has 2 aliphatic heterocycles. The third-order valence-electron chi connectivity index (χ3n) is 9.65. The fourth-order valence-electron chi connectivity index (χ4n) is 7.29. The summed E-state index contributed by atoms with van der Waals surface area (Å²) in [5.41, 5.74) is 1.53. The van der Waals surface area contributed by atoms with Crippen molar-refractivity contribution in [2.24, 2.45) is 11.8 Å². The van der Waals surface area contributed by atoms with Gasteiger partial charge in [-0.1, -0.05) is 97.4 Å². The Morgan fingerprint density at radius 1 is 0.951 bits per heavy atom. The second kappa shape index (κ2) is 17.9. The molecule has 0 aromatic carbocycles. The number of hydrogen-bond acceptors (Lipinski definition) is 5. The summed E-state index contributed by atoms with van der Waals surface area (Å²) in [5.74, 6) is 0.515. The molecule has 0 N–H and O–H groups in total. The van der Waals surface area contributed by atoms with Gasteiger partial charge in [-0.05, 0) is 77.6 Å². The zero-order valence-corrected chi connectivity index (χ0v) is 30.7. The molecule has 0 saturated carbocycles. The molecule has 0 aromatic rings. The zero-order valence-electron chi connectivity index (χ0n) is 27.6. The van der Waals surface area contributed by atoms with Gasteiger partial charge in [0.15, 0.2) is 0 Å². The third kappa shape index (κ3) is 11.0. The lowest BCUT2D eigenvalue weighted by Gasteiger charge is -2.47. The van der Waals surface area contributed by atoms with Crippen LogP contribution in [0, 0.1) is 11.8 Å². The first-order valence-electron chi connectivity index (χ1n) is 16.4. The summed E-state index contributed by atoms with van der Waals surface area (Å²) in [7, 11) is -2.08. The summed E-state index contributed by atoms with van der Waals surface area (Å²) in [6, 6.07) is 0. The van der Waals surface area contributed by atoms with Crippen LogP contribution in [0.3, 0.4) is 0 Å². The van der Waals surface area contributed by atoms with Crippen LogP contribution in [0.2, 0.25) is 16.6 Å². The summed E-state index contributed by atoms with van der Waals surface area (Å²) in [6.07, 6.45) is 12.4. The van der Waals surface area contributed by atoms with Crippen molar-refractivity contribution in [3.63, 3.8) is 0 Å². The van der Waals surface area contributed by atoms with Gasteiger partial charge in [0.2, 0.25) is 8.32 Å². The predicted octanol–water partition coefficient (Wildman–Crippen LogP) is 9.93. The minimum absolute atomic E-state index is 0.0224. The Labute approximate surface area is 267 Å². The summed E-state index contributed by atoms with van der Waals surface area (Å²) in [4.78, 5) is 13.2. The molecule has 5 nitrogen and oxygen atoms in total. The van der Waals surface area contributed by atoms with Crippen LogP contribution in [-0.4, -0.2) is 50.9 Å². The molecule has 0 aromatic heterocycles.